The number of nitrogens with zero attached hydrogens (tertiary/aromatic N) is 2. The summed E-state index contributed by atoms with van der Waals surface area (Å²) in [5.41, 5.74) is 3.26. The first-order valence-corrected chi connectivity index (χ1v) is 20.2. The molecule has 2 aliphatic carbocycles. The Bertz CT molecular complexity index is 2100. The van der Waals surface area contributed by atoms with Gasteiger partial charge in [0.2, 0.25) is 0 Å². The second kappa shape index (κ2) is 17.9. The Morgan fingerprint density at radius 3 is 1.22 bits per heavy atom. The lowest BCUT2D eigenvalue weighted by Crippen LogP contribution is -2.45. The summed E-state index contributed by atoms with van der Waals surface area (Å²) < 4.78 is 12.0. The molecule has 4 atom stereocenters. The molecule has 0 aromatic heterocycles. The van der Waals surface area contributed by atoms with E-state index < -0.39 is 48.0 Å². The molecule has 2 aliphatic heterocycles. The monoisotopic (exact) mass is 862 g/mol. The van der Waals surface area contributed by atoms with Crippen molar-refractivity contribution in [2.75, 3.05) is 13.1 Å². The van der Waals surface area contributed by atoms with Crippen LogP contribution in [0.1, 0.15) is 72.2 Å². The quantitative estimate of drug-likeness (QED) is 0.151. The zero-order valence-corrected chi connectivity index (χ0v) is 33.9. The fourth-order valence-electron chi connectivity index (χ4n) is 7.23. The highest BCUT2D eigenvalue weighted by atomic mass is 35.5. The van der Waals surface area contributed by atoms with Crippen molar-refractivity contribution >= 4 is 70.2 Å². The number of hydrogen-bond donors (Lipinski definition) is 2. The highest BCUT2D eigenvalue weighted by Gasteiger charge is 2.46. The van der Waals surface area contributed by atoms with E-state index in [-0.39, 0.29) is 11.5 Å². The van der Waals surface area contributed by atoms with E-state index in [0.29, 0.717) is 45.0 Å². The molecule has 14 heteroatoms. The molecule has 58 heavy (non-hydrogen) atoms. The summed E-state index contributed by atoms with van der Waals surface area (Å²) in [6, 6.07) is 28.1. The first-order valence-electron chi connectivity index (χ1n) is 18.7. The first kappa shape index (κ1) is 41.2. The summed E-state index contributed by atoms with van der Waals surface area (Å²) in [5, 5.41) is 20.7. The van der Waals surface area contributed by atoms with Gasteiger partial charge in [0, 0.05) is 33.2 Å². The van der Waals surface area contributed by atoms with Crippen LogP contribution < -0.4 is 0 Å². The van der Waals surface area contributed by atoms with E-state index in [1.54, 1.807) is 58.3 Å². The standard InChI is InChI=1S/2C22H19Cl2NO4/c2*23-16-8-6-14(7-9-16)20-21(15-2-1-3-17(24)10-15)29-18(11-19(26)27)22(28)25(20)12-13-4-5-13/h2*1-3,6-11,13,20-21H,4-5,12H2,(H,26,27)/b18-11+;18-11-/t2*20-,21-/m11/s1. The molecule has 0 unspecified atom stereocenters. The van der Waals surface area contributed by atoms with Gasteiger partial charge >= 0.3 is 11.9 Å². The molecule has 4 aromatic rings. The number of benzene rings is 4. The summed E-state index contributed by atoms with van der Waals surface area (Å²) in [6.07, 6.45) is 4.68. The molecule has 0 radical (unpaired) electrons. The molecule has 2 heterocycles. The maximum atomic E-state index is 13.1. The molecule has 4 fully saturated rings. The van der Waals surface area contributed by atoms with E-state index in [1.165, 1.54) is 0 Å². The van der Waals surface area contributed by atoms with Gasteiger partial charge in [-0.1, -0.05) is 94.9 Å². The smallest absolute Gasteiger partial charge is 0.332 e. The molecule has 0 bridgehead atoms. The van der Waals surface area contributed by atoms with Gasteiger partial charge in [-0.2, -0.15) is 0 Å². The third-order valence-electron chi connectivity index (χ3n) is 10.3. The lowest BCUT2D eigenvalue weighted by Gasteiger charge is -2.42. The second-order valence-corrected chi connectivity index (χ2v) is 16.4. The zero-order valence-electron chi connectivity index (χ0n) is 30.8. The van der Waals surface area contributed by atoms with Crippen molar-refractivity contribution in [1.82, 2.24) is 9.80 Å². The van der Waals surface area contributed by atoms with Crippen LogP contribution in [0.15, 0.2) is 121 Å². The Morgan fingerprint density at radius 1 is 0.552 bits per heavy atom. The van der Waals surface area contributed by atoms with Crippen LogP contribution in [0.2, 0.25) is 20.1 Å². The number of halogens is 4. The van der Waals surface area contributed by atoms with Gasteiger partial charge in [-0.15, -0.1) is 0 Å². The van der Waals surface area contributed by atoms with E-state index in [0.717, 1.165) is 60.1 Å². The molecule has 2 N–H and O–H groups in total. The van der Waals surface area contributed by atoms with Crippen molar-refractivity contribution in [3.8, 4) is 0 Å². The summed E-state index contributed by atoms with van der Waals surface area (Å²) >= 11 is 24.5. The highest BCUT2D eigenvalue weighted by molar-refractivity contribution is 6.31. The molecular formula is C44H38Cl4N2O8. The molecule has 2 saturated heterocycles. The minimum atomic E-state index is -1.23. The lowest BCUT2D eigenvalue weighted by atomic mass is 9.92. The fourth-order valence-corrected chi connectivity index (χ4v) is 7.88. The van der Waals surface area contributed by atoms with Crippen molar-refractivity contribution < 1.29 is 38.9 Å². The van der Waals surface area contributed by atoms with Crippen molar-refractivity contribution in [3.63, 3.8) is 0 Å². The predicted molar refractivity (Wildman–Crippen MR) is 219 cm³/mol. The van der Waals surface area contributed by atoms with Crippen LogP contribution in [0.4, 0.5) is 0 Å². The SMILES string of the molecule is O=C(O)/C=C1/O[C@H](c2cccc(Cl)c2)[C@@H](c2ccc(Cl)cc2)N(CC2CC2)C1=O.O=C(O)/C=C1\O[C@H](c2cccc(Cl)c2)[C@@H](c2ccc(Cl)cc2)N(CC2CC2)C1=O. The van der Waals surface area contributed by atoms with Crippen LogP contribution in [0.25, 0.3) is 0 Å². The summed E-state index contributed by atoms with van der Waals surface area (Å²) in [7, 11) is 0. The van der Waals surface area contributed by atoms with Crippen LogP contribution in [0.3, 0.4) is 0 Å². The predicted octanol–water partition coefficient (Wildman–Crippen LogP) is 10.0. The molecule has 8 rings (SSSR count). The second-order valence-electron chi connectivity index (χ2n) is 14.7. The largest absolute Gasteiger partial charge is 0.478 e. The number of carboxylic acids is 2. The number of ether oxygens (including phenoxy) is 2. The van der Waals surface area contributed by atoms with Crippen molar-refractivity contribution in [2.45, 2.75) is 50.0 Å². The van der Waals surface area contributed by atoms with E-state index in [9.17, 15) is 29.4 Å². The summed E-state index contributed by atoms with van der Waals surface area (Å²) in [4.78, 5) is 52.3. The van der Waals surface area contributed by atoms with Gasteiger partial charge in [-0.05, 0) is 108 Å². The molecule has 2 saturated carbocycles. The summed E-state index contributed by atoms with van der Waals surface area (Å²) in [6.45, 7) is 1.09. The van der Waals surface area contributed by atoms with Crippen LogP contribution in [-0.2, 0) is 28.7 Å². The number of carbonyl (C=O) groups excluding carboxylic acids is 2. The fraction of sp³-hybridized carbons (Fsp3) is 0.273. The normalized spacial score (nSPS) is 23.2. The topological polar surface area (TPSA) is 134 Å². The minimum absolute atomic E-state index is 0.173. The van der Waals surface area contributed by atoms with Crippen molar-refractivity contribution in [1.29, 1.82) is 0 Å². The number of hydrogen-bond acceptors (Lipinski definition) is 6. The Morgan fingerprint density at radius 2 is 0.914 bits per heavy atom. The molecule has 10 nitrogen and oxygen atoms in total. The van der Waals surface area contributed by atoms with Crippen LogP contribution in [-0.4, -0.2) is 56.9 Å². The first-order chi connectivity index (χ1) is 27.8. The van der Waals surface area contributed by atoms with Gasteiger partial charge in [0.1, 0.15) is 12.2 Å². The Hall–Kier alpha value is -5.00. The maximum Gasteiger partial charge on any atom is 0.332 e. The van der Waals surface area contributed by atoms with E-state index in [2.05, 4.69) is 0 Å². The van der Waals surface area contributed by atoms with Gasteiger partial charge < -0.3 is 29.5 Å². The van der Waals surface area contributed by atoms with Crippen LogP contribution >= 0.6 is 46.4 Å². The van der Waals surface area contributed by atoms with E-state index in [4.69, 9.17) is 55.9 Å². The number of morpholine rings is 2. The molecule has 4 aromatic carbocycles. The highest BCUT2D eigenvalue weighted by Crippen LogP contribution is 2.47. The summed E-state index contributed by atoms with van der Waals surface area (Å²) in [5.74, 6) is -2.81. The number of amides is 2. The lowest BCUT2D eigenvalue weighted by molar-refractivity contribution is -0.149. The molecule has 4 aliphatic rings. The van der Waals surface area contributed by atoms with Crippen LogP contribution in [0, 0.1) is 11.8 Å². The molecule has 300 valence electrons. The number of aliphatic carboxylic acids is 2. The third kappa shape index (κ3) is 9.99. The maximum absolute atomic E-state index is 13.1. The Kier molecular flexibility index (Phi) is 12.7. The Balaban J connectivity index is 0.000000177. The average Bonchev–Trinajstić information content (AvgIpc) is 4.13. The van der Waals surface area contributed by atoms with E-state index in [1.807, 2.05) is 48.5 Å². The van der Waals surface area contributed by atoms with Crippen molar-refractivity contribution in [3.05, 3.63) is 163 Å². The average molecular weight is 865 g/mol. The van der Waals surface area contributed by atoms with Gasteiger partial charge in [0.25, 0.3) is 11.8 Å². The minimum Gasteiger partial charge on any atom is -0.478 e. The Labute approximate surface area is 355 Å². The van der Waals surface area contributed by atoms with Crippen LogP contribution in [0.5, 0.6) is 0 Å². The van der Waals surface area contributed by atoms with Gasteiger partial charge in [-0.3, -0.25) is 9.59 Å². The molecule has 2 amide bonds. The molecular weight excluding hydrogens is 826 g/mol. The van der Waals surface area contributed by atoms with Gasteiger partial charge in [0.05, 0.1) is 24.2 Å². The van der Waals surface area contributed by atoms with Gasteiger partial charge in [0.15, 0.2) is 11.5 Å². The molecule has 0 spiro atoms. The number of rotatable bonds is 10. The number of carbonyl (C=O) groups is 4. The van der Waals surface area contributed by atoms with E-state index >= 15 is 0 Å². The van der Waals surface area contributed by atoms with Gasteiger partial charge in [-0.25, -0.2) is 9.59 Å². The third-order valence-corrected chi connectivity index (χ3v) is 11.3. The number of carboxylic acid groups (broad SMARTS) is 2. The van der Waals surface area contributed by atoms with Crippen molar-refractivity contribution in [2.24, 2.45) is 11.8 Å². The zero-order chi connectivity index (χ0) is 41.1.